The zero-order chi connectivity index (χ0) is 13.8. The molecule has 0 spiro atoms. The van der Waals surface area contributed by atoms with Gasteiger partial charge in [-0.25, -0.2) is 4.98 Å². The van der Waals surface area contributed by atoms with Crippen molar-refractivity contribution in [3.05, 3.63) is 40.7 Å². The lowest BCUT2D eigenvalue weighted by atomic mass is 10.00. The summed E-state index contributed by atoms with van der Waals surface area (Å²) < 4.78 is 0. The number of aromatic nitrogens is 1. The van der Waals surface area contributed by atoms with Gasteiger partial charge < -0.3 is 5.32 Å². The molecule has 1 aromatic heterocycles. The molecular formula is C17H22N2S. The van der Waals surface area contributed by atoms with E-state index in [-0.39, 0.29) is 0 Å². The number of nitrogens with zero attached hydrogens (tertiary/aromatic N) is 1. The zero-order valence-electron chi connectivity index (χ0n) is 12.0. The van der Waals surface area contributed by atoms with Crippen molar-refractivity contribution in [1.82, 2.24) is 10.3 Å². The minimum absolute atomic E-state index is 0.698. The van der Waals surface area contributed by atoms with E-state index in [1.54, 1.807) is 0 Å². The van der Waals surface area contributed by atoms with Crippen LogP contribution in [0.5, 0.6) is 0 Å². The molecule has 1 aliphatic rings. The average molecular weight is 286 g/mol. The standard InChI is InChI=1S/C17H22N2S/c1-2-18-15-10-6-9-14(15)11-17-19-16(12-20-17)13-7-4-3-5-8-13/h3-5,7-8,12,14-15,18H,2,6,9-11H2,1H3. The SMILES string of the molecule is CCNC1CCCC1Cc1nc(-c2ccccc2)cs1. The van der Waals surface area contributed by atoms with Gasteiger partial charge >= 0.3 is 0 Å². The molecule has 0 bridgehead atoms. The second-order valence-electron chi connectivity index (χ2n) is 5.55. The summed E-state index contributed by atoms with van der Waals surface area (Å²) in [5.74, 6) is 0.768. The first-order chi connectivity index (χ1) is 9.86. The van der Waals surface area contributed by atoms with Crippen LogP contribution in [0.1, 0.15) is 31.2 Å². The predicted octanol–water partition coefficient (Wildman–Crippen LogP) is 4.13. The van der Waals surface area contributed by atoms with Gasteiger partial charge in [-0.15, -0.1) is 11.3 Å². The van der Waals surface area contributed by atoms with E-state index < -0.39 is 0 Å². The molecule has 1 aliphatic carbocycles. The van der Waals surface area contributed by atoms with Crippen molar-refractivity contribution in [1.29, 1.82) is 0 Å². The molecule has 3 rings (SSSR count). The molecule has 2 nitrogen and oxygen atoms in total. The van der Waals surface area contributed by atoms with Crippen LogP contribution in [-0.4, -0.2) is 17.6 Å². The number of thiazole rings is 1. The van der Waals surface area contributed by atoms with Crippen LogP contribution in [0.25, 0.3) is 11.3 Å². The minimum atomic E-state index is 0.698. The molecule has 106 valence electrons. The molecule has 0 radical (unpaired) electrons. The average Bonchev–Trinajstić information content (AvgIpc) is 3.11. The quantitative estimate of drug-likeness (QED) is 0.894. The third kappa shape index (κ3) is 3.10. The highest BCUT2D eigenvalue weighted by Gasteiger charge is 2.27. The summed E-state index contributed by atoms with van der Waals surface area (Å²) in [4.78, 5) is 4.83. The Morgan fingerprint density at radius 1 is 1.25 bits per heavy atom. The number of benzene rings is 1. The fourth-order valence-corrected chi connectivity index (χ4v) is 4.08. The largest absolute Gasteiger partial charge is 0.314 e. The summed E-state index contributed by atoms with van der Waals surface area (Å²) in [5, 5.41) is 7.12. The molecule has 1 saturated carbocycles. The Labute approximate surface area is 125 Å². The van der Waals surface area contributed by atoms with Crippen molar-refractivity contribution in [3.8, 4) is 11.3 Å². The van der Waals surface area contributed by atoms with Gasteiger partial charge in [0.1, 0.15) is 0 Å². The van der Waals surface area contributed by atoms with E-state index >= 15 is 0 Å². The number of hydrogen-bond donors (Lipinski definition) is 1. The monoisotopic (exact) mass is 286 g/mol. The van der Waals surface area contributed by atoms with E-state index in [4.69, 9.17) is 4.98 Å². The number of hydrogen-bond acceptors (Lipinski definition) is 3. The van der Waals surface area contributed by atoms with Crippen molar-refractivity contribution < 1.29 is 0 Å². The summed E-state index contributed by atoms with van der Waals surface area (Å²) in [6.07, 6.45) is 5.17. The van der Waals surface area contributed by atoms with E-state index in [1.165, 1.54) is 29.8 Å². The second kappa shape index (κ2) is 6.51. The molecule has 2 atom stereocenters. The number of rotatable bonds is 5. The molecule has 0 amide bonds. The fraction of sp³-hybridized carbons (Fsp3) is 0.471. The topological polar surface area (TPSA) is 24.9 Å². The first-order valence-electron chi connectivity index (χ1n) is 7.60. The van der Waals surface area contributed by atoms with Gasteiger partial charge in [-0.05, 0) is 25.3 Å². The summed E-state index contributed by atoms with van der Waals surface area (Å²) in [7, 11) is 0. The van der Waals surface area contributed by atoms with Crippen LogP contribution in [0.3, 0.4) is 0 Å². The summed E-state index contributed by atoms with van der Waals surface area (Å²) >= 11 is 1.81. The minimum Gasteiger partial charge on any atom is -0.314 e. The molecule has 1 fully saturated rings. The highest BCUT2D eigenvalue weighted by atomic mass is 32.1. The maximum Gasteiger partial charge on any atom is 0.0935 e. The Morgan fingerprint density at radius 2 is 2.10 bits per heavy atom. The lowest BCUT2D eigenvalue weighted by Crippen LogP contribution is -2.33. The van der Waals surface area contributed by atoms with Gasteiger partial charge in [-0.3, -0.25) is 0 Å². The van der Waals surface area contributed by atoms with E-state index in [1.807, 2.05) is 11.3 Å². The van der Waals surface area contributed by atoms with Crippen LogP contribution in [0, 0.1) is 5.92 Å². The molecular weight excluding hydrogens is 264 g/mol. The maximum atomic E-state index is 4.83. The first-order valence-corrected chi connectivity index (χ1v) is 8.48. The van der Waals surface area contributed by atoms with Crippen LogP contribution in [0.4, 0.5) is 0 Å². The Balaban J connectivity index is 1.68. The van der Waals surface area contributed by atoms with Crippen LogP contribution in [0.2, 0.25) is 0 Å². The van der Waals surface area contributed by atoms with Crippen molar-refractivity contribution in [2.24, 2.45) is 5.92 Å². The lowest BCUT2D eigenvalue weighted by Gasteiger charge is -2.19. The van der Waals surface area contributed by atoms with Gasteiger partial charge in [0.2, 0.25) is 0 Å². The fourth-order valence-electron chi connectivity index (χ4n) is 3.18. The van der Waals surface area contributed by atoms with Gasteiger partial charge in [0.05, 0.1) is 10.7 Å². The summed E-state index contributed by atoms with van der Waals surface area (Å²) in [5.41, 5.74) is 2.35. The smallest absolute Gasteiger partial charge is 0.0935 e. The van der Waals surface area contributed by atoms with Crippen LogP contribution in [0.15, 0.2) is 35.7 Å². The molecule has 0 saturated heterocycles. The van der Waals surface area contributed by atoms with Gasteiger partial charge in [0.25, 0.3) is 0 Å². The highest BCUT2D eigenvalue weighted by molar-refractivity contribution is 7.09. The summed E-state index contributed by atoms with van der Waals surface area (Å²) in [6, 6.07) is 11.2. The molecule has 2 unspecified atom stereocenters. The first kappa shape index (κ1) is 13.8. The van der Waals surface area contributed by atoms with Gasteiger partial charge in [0, 0.05) is 23.4 Å². The zero-order valence-corrected chi connectivity index (χ0v) is 12.8. The normalized spacial score (nSPS) is 22.2. The third-order valence-corrected chi connectivity index (χ3v) is 5.05. The highest BCUT2D eigenvalue weighted by Crippen LogP contribution is 2.31. The molecule has 3 heteroatoms. The van der Waals surface area contributed by atoms with Crippen molar-refractivity contribution in [3.63, 3.8) is 0 Å². The van der Waals surface area contributed by atoms with Gasteiger partial charge in [-0.1, -0.05) is 43.7 Å². The molecule has 2 aromatic rings. The molecule has 1 N–H and O–H groups in total. The Kier molecular flexibility index (Phi) is 4.48. The van der Waals surface area contributed by atoms with Crippen LogP contribution < -0.4 is 5.32 Å². The lowest BCUT2D eigenvalue weighted by molar-refractivity contribution is 0.406. The van der Waals surface area contributed by atoms with E-state index in [0.717, 1.165) is 24.6 Å². The van der Waals surface area contributed by atoms with Gasteiger partial charge in [-0.2, -0.15) is 0 Å². The summed E-state index contributed by atoms with van der Waals surface area (Å²) in [6.45, 7) is 3.28. The second-order valence-corrected chi connectivity index (χ2v) is 6.49. The maximum absolute atomic E-state index is 4.83. The molecule has 0 aliphatic heterocycles. The molecule has 1 aromatic carbocycles. The molecule has 20 heavy (non-hydrogen) atoms. The Bertz CT molecular complexity index is 535. The van der Waals surface area contributed by atoms with E-state index in [9.17, 15) is 0 Å². The van der Waals surface area contributed by atoms with Crippen molar-refractivity contribution in [2.45, 2.75) is 38.6 Å². The van der Waals surface area contributed by atoms with Crippen molar-refractivity contribution in [2.75, 3.05) is 6.54 Å². The van der Waals surface area contributed by atoms with Crippen LogP contribution >= 0.6 is 11.3 Å². The van der Waals surface area contributed by atoms with Crippen LogP contribution in [-0.2, 0) is 6.42 Å². The predicted molar refractivity (Wildman–Crippen MR) is 86.1 cm³/mol. The van der Waals surface area contributed by atoms with Gasteiger partial charge in [0.15, 0.2) is 0 Å². The Morgan fingerprint density at radius 3 is 2.90 bits per heavy atom. The third-order valence-electron chi connectivity index (χ3n) is 4.18. The van der Waals surface area contributed by atoms with E-state index in [0.29, 0.717) is 6.04 Å². The van der Waals surface area contributed by atoms with E-state index in [2.05, 4.69) is 48.0 Å². The number of nitrogens with one attached hydrogen (secondary N) is 1. The Hall–Kier alpha value is -1.19. The molecule has 1 heterocycles. The van der Waals surface area contributed by atoms with Crippen molar-refractivity contribution >= 4 is 11.3 Å².